The predicted molar refractivity (Wildman–Crippen MR) is 68.3 cm³/mol. The van der Waals surface area contributed by atoms with Gasteiger partial charge in [-0.1, -0.05) is 0 Å². The Hall–Kier alpha value is -1.75. The lowest BCUT2D eigenvalue weighted by atomic mass is 10.2. The molecule has 0 fully saturated rings. The maximum absolute atomic E-state index is 13.3. The van der Waals surface area contributed by atoms with Gasteiger partial charge >= 0.3 is 0 Å². The van der Waals surface area contributed by atoms with Gasteiger partial charge in [0.15, 0.2) is 5.82 Å². The summed E-state index contributed by atoms with van der Waals surface area (Å²) in [5.74, 6) is 0.349. The van der Waals surface area contributed by atoms with Gasteiger partial charge in [0.05, 0.1) is 11.9 Å². The topological polar surface area (TPSA) is 42.7 Å². The zero-order chi connectivity index (χ0) is 13.3. The number of halogens is 1. The van der Waals surface area contributed by atoms with Crippen LogP contribution in [0.2, 0.25) is 0 Å². The van der Waals surface area contributed by atoms with Gasteiger partial charge in [0.25, 0.3) is 0 Å². The molecule has 0 aliphatic carbocycles. The van der Waals surface area contributed by atoms with E-state index in [0.717, 1.165) is 22.5 Å². The quantitative estimate of drug-likeness (QED) is 0.904. The second-order valence-corrected chi connectivity index (χ2v) is 4.37. The maximum atomic E-state index is 13.3. The number of nitrogens with one attached hydrogen (secondary N) is 1. The highest BCUT2D eigenvalue weighted by Crippen LogP contribution is 2.18. The van der Waals surface area contributed by atoms with E-state index in [0.29, 0.717) is 12.4 Å². The highest BCUT2D eigenvalue weighted by molar-refractivity contribution is 5.37. The zero-order valence-corrected chi connectivity index (χ0v) is 11.1. The van der Waals surface area contributed by atoms with Crippen LogP contribution in [-0.4, -0.2) is 21.8 Å². The Kier molecular flexibility index (Phi) is 3.43. The van der Waals surface area contributed by atoms with Crippen molar-refractivity contribution in [2.75, 3.05) is 7.05 Å². The molecule has 0 spiro atoms. The standard InChI is InChI=1S/C13H17FN4/c1-8-9(2)17-18(10(8)3)13-11(6-15-4)5-12(14)7-16-13/h5,7,15H,6H2,1-4H3. The predicted octanol–water partition coefficient (Wildman–Crippen LogP) is 2.05. The Morgan fingerprint density at radius 3 is 2.61 bits per heavy atom. The van der Waals surface area contributed by atoms with Gasteiger partial charge in [-0.15, -0.1) is 0 Å². The first kappa shape index (κ1) is 12.7. The van der Waals surface area contributed by atoms with Crippen LogP contribution in [0.25, 0.3) is 5.82 Å². The van der Waals surface area contributed by atoms with Crippen molar-refractivity contribution in [1.29, 1.82) is 0 Å². The van der Waals surface area contributed by atoms with Gasteiger partial charge < -0.3 is 5.32 Å². The Morgan fingerprint density at radius 2 is 2.06 bits per heavy atom. The summed E-state index contributed by atoms with van der Waals surface area (Å²) in [5.41, 5.74) is 3.93. The SMILES string of the molecule is CNCc1cc(F)cnc1-n1nc(C)c(C)c1C. The molecule has 0 aromatic carbocycles. The number of hydrogen-bond donors (Lipinski definition) is 1. The summed E-state index contributed by atoms with van der Waals surface area (Å²) in [6.07, 6.45) is 1.22. The molecule has 0 aliphatic rings. The van der Waals surface area contributed by atoms with Gasteiger partial charge in [0, 0.05) is 17.8 Å². The van der Waals surface area contributed by atoms with E-state index in [2.05, 4.69) is 15.4 Å². The van der Waals surface area contributed by atoms with Crippen molar-refractivity contribution in [3.8, 4) is 5.82 Å². The molecule has 2 heterocycles. The number of pyridine rings is 1. The molecule has 0 unspecified atom stereocenters. The Labute approximate surface area is 106 Å². The zero-order valence-electron chi connectivity index (χ0n) is 11.1. The van der Waals surface area contributed by atoms with Crippen molar-refractivity contribution < 1.29 is 4.39 Å². The molecule has 2 rings (SSSR count). The molecule has 1 N–H and O–H groups in total. The minimum Gasteiger partial charge on any atom is -0.316 e. The van der Waals surface area contributed by atoms with Crippen LogP contribution < -0.4 is 5.32 Å². The van der Waals surface area contributed by atoms with Crippen LogP contribution in [0.4, 0.5) is 4.39 Å². The summed E-state index contributed by atoms with van der Waals surface area (Å²) in [4.78, 5) is 4.17. The van der Waals surface area contributed by atoms with Gasteiger partial charge in [-0.25, -0.2) is 14.1 Å². The van der Waals surface area contributed by atoms with Gasteiger partial charge in [-0.3, -0.25) is 0 Å². The molecule has 2 aromatic rings. The molecule has 4 nitrogen and oxygen atoms in total. The summed E-state index contributed by atoms with van der Waals surface area (Å²) < 4.78 is 15.0. The molecule has 0 aliphatic heterocycles. The first-order valence-corrected chi connectivity index (χ1v) is 5.86. The summed E-state index contributed by atoms with van der Waals surface area (Å²) >= 11 is 0. The van der Waals surface area contributed by atoms with Crippen LogP contribution in [0, 0.1) is 26.6 Å². The lowest BCUT2D eigenvalue weighted by molar-refractivity contribution is 0.612. The van der Waals surface area contributed by atoms with Crippen molar-refractivity contribution in [2.24, 2.45) is 0 Å². The van der Waals surface area contributed by atoms with Crippen LogP contribution in [-0.2, 0) is 6.54 Å². The first-order chi connectivity index (χ1) is 8.54. The van der Waals surface area contributed by atoms with Crippen LogP contribution in [0.5, 0.6) is 0 Å². The maximum Gasteiger partial charge on any atom is 0.158 e. The highest BCUT2D eigenvalue weighted by Gasteiger charge is 2.13. The van der Waals surface area contributed by atoms with Gasteiger partial charge in [-0.05, 0) is 39.4 Å². The van der Waals surface area contributed by atoms with Crippen molar-refractivity contribution >= 4 is 0 Å². The van der Waals surface area contributed by atoms with E-state index in [-0.39, 0.29) is 5.82 Å². The van der Waals surface area contributed by atoms with Crippen LogP contribution >= 0.6 is 0 Å². The van der Waals surface area contributed by atoms with Crippen LogP contribution in [0.15, 0.2) is 12.3 Å². The molecule has 2 aromatic heterocycles. The van der Waals surface area contributed by atoms with E-state index in [1.165, 1.54) is 12.3 Å². The Bertz CT molecular complexity index is 575. The van der Waals surface area contributed by atoms with Crippen molar-refractivity contribution in [1.82, 2.24) is 20.1 Å². The monoisotopic (exact) mass is 248 g/mol. The normalized spacial score (nSPS) is 10.9. The summed E-state index contributed by atoms with van der Waals surface area (Å²) in [5, 5.41) is 7.47. The second-order valence-electron chi connectivity index (χ2n) is 4.37. The molecule has 0 bridgehead atoms. The minimum absolute atomic E-state index is 0.331. The minimum atomic E-state index is -0.331. The number of hydrogen-bond acceptors (Lipinski definition) is 3. The van der Waals surface area contributed by atoms with Gasteiger partial charge in [-0.2, -0.15) is 5.10 Å². The lowest BCUT2D eigenvalue weighted by Gasteiger charge is -2.10. The highest BCUT2D eigenvalue weighted by atomic mass is 19.1. The Morgan fingerprint density at radius 1 is 1.33 bits per heavy atom. The molecule has 0 amide bonds. The average molecular weight is 248 g/mol. The van der Waals surface area contributed by atoms with E-state index >= 15 is 0 Å². The number of rotatable bonds is 3. The average Bonchev–Trinajstić information content (AvgIpc) is 2.58. The number of aryl methyl sites for hydroxylation is 1. The van der Waals surface area contributed by atoms with E-state index in [9.17, 15) is 4.39 Å². The third-order valence-corrected chi connectivity index (χ3v) is 3.13. The lowest BCUT2D eigenvalue weighted by Crippen LogP contribution is -2.12. The largest absolute Gasteiger partial charge is 0.316 e. The molecule has 0 atom stereocenters. The molecule has 5 heteroatoms. The van der Waals surface area contributed by atoms with Gasteiger partial charge in [0.2, 0.25) is 0 Å². The molecule has 0 saturated carbocycles. The summed E-state index contributed by atoms with van der Waals surface area (Å²) in [7, 11) is 1.82. The second kappa shape index (κ2) is 4.86. The number of aromatic nitrogens is 3. The van der Waals surface area contributed by atoms with Crippen LogP contribution in [0.3, 0.4) is 0 Å². The summed E-state index contributed by atoms with van der Waals surface area (Å²) in [6, 6.07) is 1.49. The van der Waals surface area contributed by atoms with E-state index in [1.54, 1.807) is 4.68 Å². The van der Waals surface area contributed by atoms with Crippen molar-refractivity contribution in [3.63, 3.8) is 0 Å². The molecular weight excluding hydrogens is 231 g/mol. The molecule has 96 valence electrons. The fraction of sp³-hybridized carbons (Fsp3) is 0.385. The molecule has 0 saturated heterocycles. The van der Waals surface area contributed by atoms with E-state index < -0.39 is 0 Å². The fourth-order valence-corrected chi connectivity index (χ4v) is 1.91. The van der Waals surface area contributed by atoms with E-state index in [1.807, 2.05) is 27.8 Å². The number of nitrogens with zero attached hydrogens (tertiary/aromatic N) is 3. The fourth-order valence-electron chi connectivity index (χ4n) is 1.91. The Balaban J connectivity index is 2.59. The third kappa shape index (κ3) is 2.13. The molecule has 18 heavy (non-hydrogen) atoms. The molecule has 0 radical (unpaired) electrons. The van der Waals surface area contributed by atoms with Crippen molar-refractivity contribution in [2.45, 2.75) is 27.3 Å². The molecular formula is C13H17FN4. The first-order valence-electron chi connectivity index (χ1n) is 5.86. The van der Waals surface area contributed by atoms with Crippen molar-refractivity contribution in [3.05, 3.63) is 40.6 Å². The van der Waals surface area contributed by atoms with Gasteiger partial charge in [0.1, 0.15) is 5.82 Å². The van der Waals surface area contributed by atoms with E-state index in [4.69, 9.17) is 0 Å². The third-order valence-electron chi connectivity index (χ3n) is 3.13. The van der Waals surface area contributed by atoms with Crippen LogP contribution in [0.1, 0.15) is 22.5 Å². The smallest absolute Gasteiger partial charge is 0.158 e. The summed E-state index contributed by atoms with van der Waals surface area (Å²) in [6.45, 7) is 6.52.